The molecule has 1 fully saturated rings. The number of nitrogens with one attached hydrogen (secondary N) is 3. The lowest BCUT2D eigenvalue weighted by Crippen LogP contribution is -2.51. The highest BCUT2D eigenvalue weighted by Gasteiger charge is 2.39. The Balaban J connectivity index is 2.51. The highest BCUT2D eigenvalue weighted by Crippen LogP contribution is 2.29. The highest BCUT2D eigenvalue weighted by molar-refractivity contribution is 7.89. The van der Waals surface area contributed by atoms with Crippen LogP contribution in [0, 0.1) is 5.41 Å². The first-order valence-corrected chi connectivity index (χ1v) is 8.94. The van der Waals surface area contributed by atoms with Crippen LogP contribution in [-0.4, -0.2) is 59.5 Å². The maximum atomic E-state index is 12.4. The van der Waals surface area contributed by atoms with E-state index in [2.05, 4.69) is 15.4 Å². The minimum Gasteiger partial charge on any atom is -0.384 e. The van der Waals surface area contributed by atoms with E-state index in [4.69, 9.17) is 4.74 Å². The lowest BCUT2D eigenvalue weighted by molar-refractivity contribution is -0.136. The Morgan fingerprint density at radius 3 is 2.48 bits per heavy atom. The van der Waals surface area contributed by atoms with Crippen molar-refractivity contribution < 1.29 is 17.9 Å². The number of hydrogen-bond acceptors (Lipinski definition) is 5. The van der Waals surface area contributed by atoms with Crippen molar-refractivity contribution in [2.24, 2.45) is 5.41 Å². The number of amides is 1. The van der Waals surface area contributed by atoms with Crippen LogP contribution in [0.1, 0.15) is 26.7 Å². The molecule has 1 aliphatic rings. The van der Waals surface area contributed by atoms with E-state index >= 15 is 0 Å². The van der Waals surface area contributed by atoms with E-state index < -0.39 is 15.4 Å². The molecule has 1 rings (SSSR count). The summed E-state index contributed by atoms with van der Waals surface area (Å²) in [6, 6.07) is -0.144. The van der Waals surface area contributed by atoms with Gasteiger partial charge in [0, 0.05) is 19.7 Å². The predicted molar refractivity (Wildman–Crippen MR) is 81.5 cm³/mol. The molecule has 1 saturated heterocycles. The molecule has 0 aromatic heterocycles. The van der Waals surface area contributed by atoms with Crippen LogP contribution in [0.25, 0.3) is 0 Å². The first kappa shape index (κ1) is 18.3. The van der Waals surface area contributed by atoms with E-state index in [-0.39, 0.29) is 24.2 Å². The van der Waals surface area contributed by atoms with Gasteiger partial charge in [-0.15, -0.1) is 0 Å². The Bertz CT molecular complexity index is 425. The third kappa shape index (κ3) is 5.90. The Hall–Kier alpha value is -0.700. The molecular weight excluding hydrogens is 294 g/mol. The molecule has 0 radical (unpaired) electrons. The molecule has 1 heterocycles. The zero-order chi connectivity index (χ0) is 15.9. The number of rotatable bonds is 8. The summed E-state index contributed by atoms with van der Waals surface area (Å²) in [6.07, 6.45) is 1.40. The van der Waals surface area contributed by atoms with Crippen LogP contribution in [0.15, 0.2) is 0 Å². The van der Waals surface area contributed by atoms with E-state index in [9.17, 15) is 13.2 Å². The van der Waals surface area contributed by atoms with Gasteiger partial charge >= 0.3 is 0 Å². The normalized spacial score (nSPS) is 18.7. The summed E-state index contributed by atoms with van der Waals surface area (Å²) in [7, 11) is -1.77. The van der Waals surface area contributed by atoms with Gasteiger partial charge in [-0.25, -0.2) is 13.1 Å². The number of ether oxygens (including phenoxy) is 1. The van der Waals surface area contributed by atoms with Gasteiger partial charge in [0.1, 0.15) is 0 Å². The van der Waals surface area contributed by atoms with E-state index in [0.29, 0.717) is 19.4 Å². The maximum absolute atomic E-state index is 12.4. The molecule has 0 saturated carbocycles. The molecule has 7 nitrogen and oxygen atoms in total. The topological polar surface area (TPSA) is 96.5 Å². The summed E-state index contributed by atoms with van der Waals surface area (Å²) in [5, 5.41) is 5.95. The summed E-state index contributed by atoms with van der Waals surface area (Å²) < 4.78 is 31.1. The number of carbonyl (C=O) groups is 1. The fourth-order valence-electron chi connectivity index (χ4n) is 2.52. The van der Waals surface area contributed by atoms with Gasteiger partial charge in [0.2, 0.25) is 15.9 Å². The molecule has 0 atom stereocenters. The van der Waals surface area contributed by atoms with Gasteiger partial charge in [0.15, 0.2) is 0 Å². The van der Waals surface area contributed by atoms with Gasteiger partial charge in [0.05, 0.1) is 17.8 Å². The Morgan fingerprint density at radius 2 is 1.95 bits per heavy atom. The smallest absolute Gasteiger partial charge is 0.228 e. The summed E-state index contributed by atoms with van der Waals surface area (Å²) >= 11 is 0. The van der Waals surface area contributed by atoms with Gasteiger partial charge in [-0.3, -0.25) is 4.79 Å². The number of carbonyl (C=O) groups excluding carboxylic acids is 1. The molecule has 124 valence electrons. The molecule has 1 aliphatic heterocycles. The Kier molecular flexibility index (Phi) is 7.05. The SMILES string of the molecule is COCC1(C(=O)NCCS(=O)(=O)NC(C)C)CCNCC1. The molecule has 0 spiro atoms. The molecule has 0 aromatic rings. The van der Waals surface area contributed by atoms with Crippen molar-refractivity contribution in [3.8, 4) is 0 Å². The van der Waals surface area contributed by atoms with Gasteiger partial charge in [0.25, 0.3) is 0 Å². The third-order valence-corrected chi connectivity index (χ3v) is 5.11. The van der Waals surface area contributed by atoms with E-state index in [0.717, 1.165) is 13.1 Å². The summed E-state index contributed by atoms with van der Waals surface area (Å²) in [5.74, 6) is -0.233. The van der Waals surface area contributed by atoms with Crippen LogP contribution >= 0.6 is 0 Å². The molecule has 21 heavy (non-hydrogen) atoms. The quantitative estimate of drug-likeness (QED) is 0.557. The standard InChI is InChI=1S/C13H27N3O4S/c1-11(2)16-21(18,19)9-8-15-12(17)13(10-20-3)4-6-14-7-5-13/h11,14,16H,4-10H2,1-3H3,(H,15,17). The highest BCUT2D eigenvalue weighted by atomic mass is 32.2. The molecular formula is C13H27N3O4S. The Morgan fingerprint density at radius 1 is 1.33 bits per heavy atom. The average Bonchev–Trinajstić information content (AvgIpc) is 2.38. The molecule has 8 heteroatoms. The monoisotopic (exact) mass is 321 g/mol. The number of piperidine rings is 1. The fraction of sp³-hybridized carbons (Fsp3) is 0.923. The zero-order valence-corrected chi connectivity index (χ0v) is 13.9. The number of hydrogen-bond donors (Lipinski definition) is 3. The first-order valence-electron chi connectivity index (χ1n) is 7.29. The Labute approximate surface area is 127 Å². The molecule has 1 amide bonds. The summed E-state index contributed by atoms with van der Waals surface area (Å²) in [6.45, 7) is 5.53. The predicted octanol–water partition coefficient (Wildman–Crippen LogP) is -0.553. The van der Waals surface area contributed by atoms with Crippen molar-refractivity contribution in [1.82, 2.24) is 15.4 Å². The maximum Gasteiger partial charge on any atom is 0.228 e. The van der Waals surface area contributed by atoms with Crippen LogP contribution in [0.5, 0.6) is 0 Å². The first-order chi connectivity index (χ1) is 9.81. The van der Waals surface area contributed by atoms with Crippen molar-refractivity contribution in [3.05, 3.63) is 0 Å². The molecule has 3 N–H and O–H groups in total. The molecule has 0 bridgehead atoms. The molecule has 0 unspecified atom stereocenters. The van der Waals surface area contributed by atoms with Crippen LogP contribution in [0.2, 0.25) is 0 Å². The number of methoxy groups -OCH3 is 1. The zero-order valence-electron chi connectivity index (χ0n) is 13.1. The van der Waals surface area contributed by atoms with E-state index in [1.165, 1.54) is 0 Å². The van der Waals surface area contributed by atoms with Crippen LogP contribution in [0.4, 0.5) is 0 Å². The van der Waals surface area contributed by atoms with Crippen molar-refractivity contribution in [1.29, 1.82) is 0 Å². The van der Waals surface area contributed by atoms with Gasteiger partial charge in [-0.2, -0.15) is 0 Å². The van der Waals surface area contributed by atoms with Crippen LogP contribution < -0.4 is 15.4 Å². The summed E-state index contributed by atoms with van der Waals surface area (Å²) in [5.41, 5.74) is -0.546. The lowest BCUT2D eigenvalue weighted by atomic mass is 9.78. The minimum absolute atomic E-state index is 0.111. The van der Waals surface area contributed by atoms with E-state index in [1.807, 2.05) is 0 Å². The average molecular weight is 321 g/mol. The van der Waals surface area contributed by atoms with Crippen molar-refractivity contribution >= 4 is 15.9 Å². The fourth-order valence-corrected chi connectivity index (χ4v) is 3.73. The minimum atomic E-state index is -3.35. The van der Waals surface area contributed by atoms with Gasteiger partial charge in [-0.1, -0.05) is 0 Å². The van der Waals surface area contributed by atoms with Crippen LogP contribution in [-0.2, 0) is 19.6 Å². The van der Waals surface area contributed by atoms with Crippen molar-refractivity contribution in [3.63, 3.8) is 0 Å². The van der Waals surface area contributed by atoms with Crippen molar-refractivity contribution in [2.45, 2.75) is 32.7 Å². The van der Waals surface area contributed by atoms with E-state index in [1.54, 1.807) is 21.0 Å². The van der Waals surface area contributed by atoms with Crippen LogP contribution in [0.3, 0.4) is 0 Å². The molecule has 0 aromatic carbocycles. The number of sulfonamides is 1. The van der Waals surface area contributed by atoms with Gasteiger partial charge < -0.3 is 15.4 Å². The van der Waals surface area contributed by atoms with Gasteiger partial charge in [-0.05, 0) is 39.8 Å². The second kappa shape index (κ2) is 8.07. The largest absolute Gasteiger partial charge is 0.384 e. The lowest BCUT2D eigenvalue weighted by Gasteiger charge is -2.35. The summed E-state index contributed by atoms with van der Waals surface area (Å²) in [4.78, 5) is 12.4. The van der Waals surface area contributed by atoms with Crippen molar-refractivity contribution in [2.75, 3.05) is 39.1 Å². The molecule has 0 aliphatic carbocycles. The second-order valence-corrected chi connectivity index (χ2v) is 7.68. The second-order valence-electron chi connectivity index (χ2n) is 5.81. The third-order valence-electron chi connectivity index (χ3n) is 3.53.